The van der Waals surface area contributed by atoms with Gasteiger partial charge in [-0.2, -0.15) is 0 Å². The third-order valence-electron chi connectivity index (χ3n) is 12.5. The van der Waals surface area contributed by atoms with Gasteiger partial charge in [0.2, 0.25) is 5.78 Å². The summed E-state index contributed by atoms with van der Waals surface area (Å²) >= 11 is 6.51. The first-order valence-electron chi connectivity index (χ1n) is 21.1. The van der Waals surface area contributed by atoms with Gasteiger partial charge in [-0.05, 0) is 106 Å². The van der Waals surface area contributed by atoms with Crippen molar-refractivity contribution in [1.29, 1.82) is 0 Å². The van der Waals surface area contributed by atoms with Crippen molar-refractivity contribution >= 4 is 40.8 Å². The van der Waals surface area contributed by atoms with Crippen LogP contribution in [0.15, 0.2) is 23.3 Å². The number of allylic oxidation sites excluding steroid dienone is 3. The van der Waals surface area contributed by atoms with Gasteiger partial charge >= 0.3 is 5.97 Å². The molecule has 0 aromatic carbocycles. The van der Waals surface area contributed by atoms with Gasteiger partial charge in [-0.3, -0.25) is 19.2 Å². The minimum absolute atomic E-state index is 0.00955. The van der Waals surface area contributed by atoms with Crippen LogP contribution < -0.4 is 0 Å². The van der Waals surface area contributed by atoms with Crippen LogP contribution in [-0.4, -0.2) is 120 Å². The maximum absolute atomic E-state index is 14.1. The molecule has 0 bridgehead atoms. The number of carbonyl (C=O) groups is 5. The summed E-state index contributed by atoms with van der Waals surface area (Å²) in [5.41, 5.74) is 1.29. The Morgan fingerprint density at radius 2 is 1.54 bits per heavy atom. The molecule has 1 saturated carbocycles. The number of amides is 1. The zero-order valence-electron chi connectivity index (χ0n) is 35.7. The molecule has 1 saturated heterocycles. The van der Waals surface area contributed by atoms with E-state index in [1.54, 1.807) is 21.0 Å². The van der Waals surface area contributed by atoms with Gasteiger partial charge in [0.25, 0.3) is 11.7 Å². The predicted octanol–water partition coefficient (Wildman–Crippen LogP) is 5.95. The highest BCUT2D eigenvalue weighted by atomic mass is 35.5. The monoisotopic (exact) mass is 823 g/mol. The molecule has 57 heavy (non-hydrogen) atoms. The molecule has 3 aliphatic rings. The average molecular weight is 824 g/mol. The number of methoxy groups -OCH3 is 3. The van der Waals surface area contributed by atoms with Crippen molar-refractivity contribution in [3.63, 3.8) is 0 Å². The van der Waals surface area contributed by atoms with Gasteiger partial charge in [0.1, 0.15) is 18.2 Å². The number of nitrogens with zero attached hydrogens (tertiary/aromatic N) is 1. The molecule has 0 aromatic rings. The van der Waals surface area contributed by atoms with Gasteiger partial charge in [0.05, 0.1) is 29.8 Å². The number of hydrogen-bond donors (Lipinski definition) is 2. The van der Waals surface area contributed by atoms with E-state index in [4.69, 9.17) is 30.5 Å². The van der Waals surface area contributed by atoms with E-state index in [9.17, 15) is 34.2 Å². The number of fused-ring (bicyclic) bond motifs is 1. The van der Waals surface area contributed by atoms with E-state index >= 15 is 0 Å². The Morgan fingerprint density at radius 1 is 0.877 bits per heavy atom. The molecule has 2 fully saturated rings. The first-order valence-corrected chi connectivity index (χ1v) is 21.5. The molecular formula is C44H70ClNO11. The second-order valence-corrected chi connectivity index (χ2v) is 17.6. The van der Waals surface area contributed by atoms with E-state index < -0.39 is 71.8 Å². The molecule has 12 nitrogen and oxygen atoms in total. The summed E-state index contributed by atoms with van der Waals surface area (Å²) in [6.45, 7) is 11.2. The van der Waals surface area contributed by atoms with Crippen LogP contribution >= 0.6 is 11.6 Å². The third-order valence-corrected chi connectivity index (χ3v) is 13.0. The molecule has 0 radical (unpaired) electrons. The van der Waals surface area contributed by atoms with Crippen molar-refractivity contribution in [2.45, 2.75) is 167 Å². The summed E-state index contributed by atoms with van der Waals surface area (Å²) in [6.07, 6.45) is 4.86. The fourth-order valence-electron chi connectivity index (χ4n) is 8.93. The highest BCUT2D eigenvalue weighted by molar-refractivity contribution is 6.63. The van der Waals surface area contributed by atoms with Crippen LogP contribution in [0.3, 0.4) is 0 Å². The Hall–Kier alpha value is -2.48. The molecule has 1 aliphatic carbocycles. The van der Waals surface area contributed by atoms with Crippen LogP contribution in [0.1, 0.15) is 119 Å². The highest BCUT2D eigenvalue weighted by Gasteiger charge is 2.42. The minimum Gasteiger partial charge on any atom is -0.456 e. The summed E-state index contributed by atoms with van der Waals surface area (Å²) in [6, 6.07) is -1.12. The van der Waals surface area contributed by atoms with E-state index in [0.717, 1.165) is 17.7 Å². The van der Waals surface area contributed by atoms with Crippen LogP contribution in [0.5, 0.6) is 0 Å². The normalized spacial score (nSPS) is 37.2. The molecule has 2 N–H and O–H groups in total. The molecule has 2 aliphatic heterocycles. The van der Waals surface area contributed by atoms with Crippen molar-refractivity contribution in [2.75, 3.05) is 27.9 Å². The molecule has 3 rings (SSSR count). The fourth-order valence-corrected chi connectivity index (χ4v) is 9.26. The second-order valence-electron chi connectivity index (χ2n) is 17.0. The lowest BCUT2D eigenvalue weighted by Gasteiger charge is -2.36. The summed E-state index contributed by atoms with van der Waals surface area (Å²) in [7, 11) is 4.62. The number of alkyl halides is 1. The number of aliphatic hydroxyl groups is 2. The lowest BCUT2D eigenvalue weighted by atomic mass is 9.82. The first-order chi connectivity index (χ1) is 27.0. The van der Waals surface area contributed by atoms with Crippen molar-refractivity contribution < 1.29 is 53.1 Å². The smallest absolute Gasteiger partial charge is 0.329 e. The Kier molecular flexibility index (Phi) is 20.0. The number of piperidine rings is 1. The van der Waals surface area contributed by atoms with Gasteiger partial charge in [0.15, 0.2) is 5.78 Å². The quantitative estimate of drug-likeness (QED) is 0.141. The molecular weight excluding hydrogens is 754 g/mol. The summed E-state index contributed by atoms with van der Waals surface area (Å²) < 4.78 is 23.2. The van der Waals surface area contributed by atoms with E-state index in [2.05, 4.69) is 6.92 Å². The van der Waals surface area contributed by atoms with Crippen molar-refractivity contribution in [2.24, 2.45) is 29.6 Å². The number of Topliss-reactive ketones (excluding diaryl/α,β-unsaturated/α-hetero) is 3. The number of rotatable bonds is 6. The zero-order chi connectivity index (χ0) is 42.6. The molecule has 13 heteroatoms. The Bertz CT molecular complexity index is 1430. The maximum Gasteiger partial charge on any atom is 0.329 e. The van der Waals surface area contributed by atoms with E-state index in [1.165, 1.54) is 14.2 Å². The minimum atomic E-state index is -1.21. The van der Waals surface area contributed by atoms with Crippen LogP contribution in [0.2, 0.25) is 0 Å². The summed E-state index contributed by atoms with van der Waals surface area (Å²) in [4.78, 5) is 69.6. The molecule has 2 heterocycles. The highest BCUT2D eigenvalue weighted by Crippen LogP contribution is 2.34. The van der Waals surface area contributed by atoms with Crippen molar-refractivity contribution in [1.82, 2.24) is 4.90 Å². The second kappa shape index (κ2) is 23.3. The van der Waals surface area contributed by atoms with Crippen molar-refractivity contribution in [3.05, 3.63) is 23.3 Å². The molecule has 0 spiro atoms. The van der Waals surface area contributed by atoms with Crippen LogP contribution in [-0.2, 0) is 42.9 Å². The number of esters is 1. The lowest BCUT2D eigenvalue weighted by molar-refractivity contribution is -0.165. The van der Waals surface area contributed by atoms with Crippen molar-refractivity contribution in [3.8, 4) is 0 Å². The van der Waals surface area contributed by atoms with Gasteiger partial charge in [0, 0.05) is 46.1 Å². The number of hydrogen-bond acceptors (Lipinski definition) is 11. The van der Waals surface area contributed by atoms with E-state index in [-0.39, 0.29) is 67.2 Å². The van der Waals surface area contributed by atoms with E-state index in [0.29, 0.717) is 49.7 Å². The molecule has 324 valence electrons. The number of halogens is 1. The molecule has 13 atom stereocenters. The van der Waals surface area contributed by atoms with Gasteiger partial charge < -0.3 is 34.1 Å². The van der Waals surface area contributed by atoms with Gasteiger partial charge in [-0.1, -0.05) is 46.8 Å². The standard InChI is InChI=1S/C44H70ClNO11/c1-10-31-20-25(2)19-26(3)21-38(56-9)40(50)36(54-7)17-14-27(4)39(49)41(51)43(52)46-18-12-11-13-33(46)44(53)57-42(29(6)34(47)24-35(31)48)28(5)22-30-15-16-32(45)37(23-30)55-8/h20,22,25-27,29-30,32-34,36-38,40,42,47,50H,10-19,21,23-24H2,1-9H3/t25?,26-,27+,29+,30-,32-,33-,34-,36-,37+,38-,40-,42+/m0/s1. The number of ketones is 3. The Morgan fingerprint density at radius 3 is 2.18 bits per heavy atom. The summed E-state index contributed by atoms with van der Waals surface area (Å²) in [5, 5.41) is 22.8. The lowest BCUT2D eigenvalue weighted by Crippen LogP contribution is -2.53. The topological polar surface area (TPSA) is 166 Å². The number of aliphatic hydroxyl groups excluding tert-OH is 2. The van der Waals surface area contributed by atoms with Gasteiger partial charge in [-0.25, -0.2) is 4.79 Å². The Balaban J connectivity index is 2.03. The summed E-state index contributed by atoms with van der Waals surface area (Å²) in [5.74, 6) is -5.48. The first kappa shape index (κ1) is 48.9. The van der Waals surface area contributed by atoms with Crippen LogP contribution in [0.25, 0.3) is 0 Å². The largest absolute Gasteiger partial charge is 0.456 e. The maximum atomic E-state index is 14.1. The third kappa shape index (κ3) is 13.5. The molecule has 1 amide bonds. The Labute approximate surface area is 345 Å². The van der Waals surface area contributed by atoms with Gasteiger partial charge in [-0.15, -0.1) is 11.6 Å². The number of cyclic esters (lactones) is 1. The van der Waals surface area contributed by atoms with Crippen LogP contribution in [0, 0.1) is 29.6 Å². The van der Waals surface area contributed by atoms with E-state index in [1.807, 2.05) is 32.9 Å². The SMILES string of the molecule is CCC1=CC(C)C[C@H](C)C[C@H](OC)[C@@H](O)[C@@H](OC)CC[C@@H](C)C(=O)C(=O)C(=O)N2CCCC[C@H]2C(=O)O[C@H](C(C)=C[C@@H]2CC[C@H](Cl)[C@H](OC)C2)[C@H](C)[C@@H](O)CC1=O. The number of ether oxygens (including phenoxy) is 4. The number of carbonyl (C=O) groups excluding carboxylic acids is 5. The predicted molar refractivity (Wildman–Crippen MR) is 218 cm³/mol. The van der Waals surface area contributed by atoms with Crippen LogP contribution in [0.4, 0.5) is 0 Å². The molecule has 1 unspecified atom stereocenters. The average Bonchev–Trinajstić information content (AvgIpc) is 3.19. The zero-order valence-corrected chi connectivity index (χ0v) is 36.5. The fraction of sp³-hybridized carbons (Fsp3) is 0.795. The molecule has 0 aromatic heterocycles.